The summed E-state index contributed by atoms with van der Waals surface area (Å²) in [5, 5.41) is 17.7. The van der Waals surface area contributed by atoms with Gasteiger partial charge in [-0.1, -0.05) is 6.07 Å². The number of hydrogen-bond donors (Lipinski definition) is 2. The molecule has 1 saturated heterocycles. The lowest BCUT2D eigenvalue weighted by Gasteiger charge is -2.29. The van der Waals surface area contributed by atoms with Gasteiger partial charge in [0.25, 0.3) is 0 Å². The Labute approximate surface area is 135 Å². The van der Waals surface area contributed by atoms with E-state index in [2.05, 4.69) is 10.6 Å². The molecule has 1 unspecified atom stereocenters. The highest BCUT2D eigenvalue weighted by Gasteiger charge is 2.34. The van der Waals surface area contributed by atoms with E-state index < -0.39 is 20.4 Å². The first kappa shape index (κ1) is 17.6. The molecule has 1 aromatic carbocycles. The fraction of sp³-hybridized carbons (Fsp3) is 0.571. The van der Waals surface area contributed by atoms with Crippen LogP contribution in [0, 0.1) is 10.1 Å². The van der Waals surface area contributed by atoms with Crippen molar-refractivity contribution in [3.8, 4) is 0 Å². The smallest absolute Gasteiger partial charge is 0.310 e. The second-order valence-electron chi connectivity index (χ2n) is 5.78. The van der Waals surface area contributed by atoms with Gasteiger partial charge in [-0.15, -0.1) is 0 Å². The van der Waals surface area contributed by atoms with Crippen LogP contribution in [0.25, 0.3) is 0 Å². The van der Waals surface area contributed by atoms with Crippen molar-refractivity contribution in [1.29, 1.82) is 0 Å². The average molecular weight is 343 g/mol. The third-order valence-electron chi connectivity index (χ3n) is 3.95. The van der Waals surface area contributed by atoms with Crippen LogP contribution in [0.4, 0.5) is 11.4 Å². The largest absolute Gasteiger partial charge is 0.383 e. The molecule has 1 atom stereocenters. The lowest BCUT2D eigenvalue weighted by molar-refractivity contribution is -0.386. The van der Waals surface area contributed by atoms with Crippen molar-refractivity contribution in [3.63, 3.8) is 0 Å². The quantitative estimate of drug-likeness (QED) is 0.565. The first-order valence-electron chi connectivity index (χ1n) is 7.24. The summed E-state index contributed by atoms with van der Waals surface area (Å²) in [5.41, 5.74) is -0.522. The third-order valence-corrected chi connectivity index (χ3v) is 5.08. The summed E-state index contributed by atoms with van der Waals surface area (Å²) in [4.78, 5) is 10.4. The Kier molecular flexibility index (Phi) is 5.23. The SMILES string of the molecule is COCC1(CNc2cccc(S(C)(=O)=O)c2[N+](=O)[O-])CCCN1. The number of nitro benzene ring substituents is 1. The van der Waals surface area contributed by atoms with Crippen LogP contribution >= 0.6 is 0 Å². The summed E-state index contributed by atoms with van der Waals surface area (Å²) in [6, 6.07) is 4.26. The van der Waals surface area contributed by atoms with Gasteiger partial charge >= 0.3 is 5.69 Å². The summed E-state index contributed by atoms with van der Waals surface area (Å²) in [5.74, 6) is 0. The van der Waals surface area contributed by atoms with E-state index in [4.69, 9.17) is 4.74 Å². The van der Waals surface area contributed by atoms with Crippen LogP contribution < -0.4 is 10.6 Å². The van der Waals surface area contributed by atoms with Crippen LogP contribution in [0.3, 0.4) is 0 Å². The van der Waals surface area contributed by atoms with Crippen molar-refractivity contribution >= 4 is 21.2 Å². The van der Waals surface area contributed by atoms with Gasteiger partial charge in [-0.3, -0.25) is 10.1 Å². The number of rotatable bonds is 7. The van der Waals surface area contributed by atoms with Gasteiger partial charge in [0.1, 0.15) is 10.6 Å². The Morgan fingerprint density at radius 2 is 2.22 bits per heavy atom. The Morgan fingerprint density at radius 1 is 1.48 bits per heavy atom. The van der Waals surface area contributed by atoms with Crippen molar-refractivity contribution in [2.45, 2.75) is 23.3 Å². The first-order valence-corrected chi connectivity index (χ1v) is 9.13. The molecule has 2 N–H and O–H groups in total. The van der Waals surface area contributed by atoms with Gasteiger partial charge < -0.3 is 15.4 Å². The molecule has 128 valence electrons. The molecule has 0 amide bonds. The van der Waals surface area contributed by atoms with Crippen LogP contribution in [0.2, 0.25) is 0 Å². The Hall–Kier alpha value is -1.71. The molecule has 1 heterocycles. The van der Waals surface area contributed by atoms with Gasteiger partial charge in [0.2, 0.25) is 0 Å². The summed E-state index contributed by atoms with van der Waals surface area (Å²) in [7, 11) is -2.08. The summed E-state index contributed by atoms with van der Waals surface area (Å²) < 4.78 is 28.8. The Morgan fingerprint density at radius 3 is 2.74 bits per heavy atom. The molecule has 23 heavy (non-hydrogen) atoms. The van der Waals surface area contributed by atoms with Gasteiger partial charge in [0.05, 0.1) is 17.1 Å². The van der Waals surface area contributed by atoms with Crippen molar-refractivity contribution in [1.82, 2.24) is 5.32 Å². The van der Waals surface area contributed by atoms with Crippen LogP contribution in [0.15, 0.2) is 23.1 Å². The molecule has 2 rings (SSSR count). The highest BCUT2D eigenvalue weighted by atomic mass is 32.2. The Balaban J connectivity index is 2.31. The van der Waals surface area contributed by atoms with E-state index in [-0.39, 0.29) is 16.1 Å². The number of nitro groups is 1. The monoisotopic (exact) mass is 343 g/mol. The van der Waals surface area contributed by atoms with Crippen LogP contribution in [-0.2, 0) is 14.6 Å². The number of anilines is 1. The molecule has 0 aromatic heterocycles. The van der Waals surface area contributed by atoms with E-state index in [9.17, 15) is 18.5 Å². The summed E-state index contributed by atoms with van der Waals surface area (Å²) >= 11 is 0. The zero-order valence-corrected chi connectivity index (χ0v) is 14.0. The second-order valence-corrected chi connectivity index (χ2v) is 7.76. The maximum atomic E-state index is 11.8. The molecule has 0 saturated carbocycles. The zero-order chi connectivity index (χ0) is 17.1. The van der Waals surface area contributed by atoms with E-state index in [1.165, 1.54) is 18.2 Å². The second kappa shape index (κ2) is 6.81. The summed E-state index contributed by atoms with van der Waals surface area (Å²) in [6.07, 6.45) is 2.84. The highest BCUT2D eigenvalue weighted by Crippen LogP contribution is 2.32. The van der Waals surface area contributed by atoms with Gasteiger partial charge in [-0.2, -0.15) is 0 Å². The predicted molar refractivity (Wildman–Crippen MR) is 86.5 cm³/mol. The minimum absolute atomic E-state index is 0.196. The topological polar surface area (TPSA) is 111 Å². The molecule has 1 aromatic rings. The zero-order valence-electron chi connectivity index (χ0n) is 13.2. The number of sulfone groups is 1. The molecule has 0 aliphatic carbocycles. The predicted octanol–water partition coefficient (Wildman–Crippen LogP) is 1.18. The molecule has 0 spiro atoms. The fourth-order valence-corrected chi connectivity index (χ4v) is 3.75. The molecule has 1 fully saturated rings. The standard InChI is InChI=1S/C14H21N3O5S/c1-22-10-14(7-4-8-16-14)9-15-11-5-3-6-12(23(2,20)21)13(11)17(18)19/h3,5-6,15-16H,4,7-10H2,1-2H3. The van der Waals surface area contributed by atoms with Crippen molar-refractivity contribution in [2.75, 3.05) is 38.4 Å². The molecular weight excluding hydrogens is 322 g/mol. The number of para-hydroxylation sites is 1. The molecule has 1 aliphatic heterocycles. The normalized spacial score (nSPS) is 21.3. The lowest BCUT2D eigenvalue weighted by Crippen LogP contribution is -2.49. The van der Waals surface area contributed by atoms with Crippen LogP contribution in [0.1, 0.15) is 12.8 Å². The first-order chi connectivity index (χ1) is 10.8. The number of nitrogens with zero attached hydrogens (tertiary/aromatic N) is 1. The van der Waals surface area contributed by atoms with Gasteiger partial charge in [-0.05, 0) is 31.5 Å². The van der Waals surface area contributed by atoms with Gasteiger partial charge in [-0.25, -0.2) is 8.42 Å². The minimum Gasteiger partial charge on any atom is -0.383 e. The van der Waals surface area contributed by atoms with E-state index in [0.29, 0.717) is 13.2 Å². The number of hydrogen-bond acceptors (Lipinski definition) is 7. The van der Waals surface area contributed by atoms with Crippen molar-refractivity contribution < 1.29 is 18.1 Å². The van der Waals surface area contributed by atoms with E-state index in [0.717, 1.165) is 25.6 Å². The van der Waals surface area contributed by atoms with E-state index in [1.54, 1.807) is 7.11 Å². The molecule has 0 bridgehead atoms. The van der Waals surface area contributed by atoms with Gasteiger partial charge in [0.15, 0.2) is 9.84 Å². The van der Waals surface area contributed by atoms with E-state index >= 15 is 0 Å². The van der Waals surface area contributed by atoms with Crippen molar-refractivity contribution in [2.24, 2.45) is 0 Å². The lowest BCUT2D eigenvalue weighted by atomic mass is 9.98. The third kappa shape index (κ3) is 3.98. The fourth-order valence-electron chi connectivity index (χ4n) is 2.89. The van der Waals surface area contributed by atoms with Crippen LogP contribution in [0.5, 0.6) is 0 Å². The number of benzene rings is 1. The number of methoxy groups -OCH3 is 1. The minimum atomic E-state index is -3.69. The summed E-state index contributed by atoms with van der Waals surface area (Å²) in [6.45, 7) is 1.74. The molecular formula is C14H21N3O5S. The molecule has 0 radical (unpaired) electrons. The van der Waals surface area contributed by atoms with Gasteiger partial charge in [0, 0.05) is 19.9 Å². The highest BCUT2D eigenvalue weighted by molar-refractivity contribution is 7.90. The van der Waals surface area contributed by atoms with Crippen LogP contribution in [-0.4, -0.2) is 51.9 Å². The van der Waals surface area contributed by atoms with Crippen molar-refractivity contribution in [3.05, 3.63) is 28.3 Å². The Bertz CT molecular complexity index is 684. The number of ether oxygens (including phenoxy) is 1. The molecule has 9 heteroatoms. The average Bonchev–Trinajstić information content (AvgIpc) is 2.93. The molecule has 8 nitrogen and oxygen atoms in total. The van der Waals surface area contributed by atoms with E-state index in [1.807, 2.05) is 0 Å². The number of nitrogens with one attached hydrogen (secondary N) is 2. The maximum Gasteiger partial charge on any atom is 0.310 e. The maximum absolute atomic E-state index is 11.8. The molecule has 1 aliphatic rings.